The van der Waals surface area contributed by atoms with Crippen LogP contribution in [0.3, 0.4) is 0 Å². The van der Waals surface area contributed by atoms with Crippen LogP contribution in [0, 0.1) is 0 Å². The molecular formula is C5H12O5S2. The molecule has 0 heterocycles. The monoisotopic (exact) mass is 216 g/mol. The van der Waals surface area contributed by atoms with E-state index in [1.165, 1.54) is 0 Å². The maximum atomic E-state index is 10.5. The lowest BCUT2D eigenvalue weighted by Gasteiger charge is -1.96. The van der Waals surface area contributed by atoms with Crippen molar-refractivity contribution in [3.8, 4) is 0 Å². The Morgan fingerprint density at radius 2 is 1.42 bits per heavy atom. The number of hydrogen-bond acceptors (Lipinski definition) is 4. The summed E-state index contributed by atoms with van der Waals surface area (Å²) >= 11 is 0. The highest BCUT2D eigenvalue weighted by Crippen LogP contribution is 1.96. The van der Waals surface area contributed by atoms with Gasteiger partial charge in [-0.25, -0.2) is 8.42 Å². The van der Waals surface area contributed by atoms with Gasteiger partial charge in [0.25, 0.3) is 10.1 Å². The Morgan fingerprint density at radius 3 is 1.75 bits per heavy atom. The van der Waals surface area contributed by atoms with E-state index in [0.29, 0.717) is 0 Å². The Balaban J connectivity index is 3.62. The van der Waals surface area contributed by atoms with E-state index in [2.05, 4.69) is 0 Å². The Labute approximate surface area is 72.5 Å². The molecule has 0 aliphatic heterocycles. The first-order valence-electron chi connectivity index (χ1n) is 3.33. The zero-order chi connectivity index (χ0) is 9.83. The third kappa shape index (κ3) is 9.86. The molecule has 0 amide bonds. The molecule has 0 aliphatic carbocycles. The Hall–Kier alpha value is -0.140. The van der Waals surface area contributed by atoms with Crippen LogP contribution in [-0.2, 0) is 20.0 Å². The zero-order valence-corrected chi connectivity index (χ0v) is 8.36. The minimum atomic E-state index is -3.94. The summed E-state index contributed by atoms with van der Waals surface area (Å²) in [6.07, 6.45) is 1.52. The molecule has 0 saturated heterocycles. The van der Waals surface area contributed by atoms with Gasteiger partial charge in [-0.3, -0.25) is 4.55 Å². The standard InChI is InChI=1S/C5H12O5S2/c1-11(6,7)4-2-3-5-12(8,9)10/h2-5H2,1H3,(H,8,9,10). The lowest BCUT2D eigenvalue weighted by molar-refractivity contribution is 0.480. The van der Waals surface area contributed by atoms with E-state index >= 15 is 0 Å². The molecule has 74 valence electrons. The summed E-state index contributed by atoms with van der Waals surface area (Å²) in [5, 5.41) is 0. The molecule has 0 spiro atoms. The summed E-state index contributed by atoms with van der Waals surface area (Å²) in [5.41, 5.74) is 0. The Kier molecular flexibility index (Phi) is 4.15. The van der Waals surface area contributed by atoms with E-state index in [9.17, 15) is 16.8 Å². The van der Waals surface area contributed by atoms with Crippen LogP contribution in [0.25, 0.3) is 0 Å². The first kappa shape index (κ1) is 11.9. The molecule has 0 aromatic carbocycles. The number of unbranched alkanes of at least 4 members (excludes halogenated alkanes) is 1. The van der Waals surface area contributed by atoms with Crippen LogP contribution in [0.4, 0.5) is 0 Å². The van der Waals surface area contributed by atoms with Crippen LogP contribution in [0.5, 0.6) is 0 Å². The third-order valence-corrected chi connectivity index (χ3v) is 3.00. The van der Waals surface area contributed by atoms with E-state index in [4.69, 9.17) is 4.55 Å². The molecular weight excluding hydrogens is 204 g/mol. The highest BCUT2D eigenvalue weighted by Gasteiger charge is 2.06. The molecule has 1 N–H and O–H groups in total. The fourth-order valence-electron chi connectivity index (χ4n) is 0.649. The second-order valence-electron chi connectivity index (χ2n) is 2.62. The van der Waals surface area contributed by atoms with Crippen molar-refractivity contribution in [2.24, 2.45) is 0 Å². The largest absolute Gasteiger partial charge is 0.286 e. The maximum Gasteiger partial charge on any atom is 0.264 e. The fraction of sp³-hybridized carbons (Fsp3) is 1.00. The number of sulfone groups is 1. The first-order valence-corrected chi connectivity index (χ1v) is 7.00. The van der Waals surface area contributed by atoms with Gasteiger partial charge in [-0.1, -0.05) is 0 Å². The van der Waals surface area contributed by atoms with Crippen molar-refractivity contribution in [2.45, 2.75) is 12.8 Å². The lowest BCUT2D eigenvalue weighted by Crippen LogP contribution is -2.07. The van der Waals surface area contributed by atoms with Crippen LogP contribution in [0.15, 0.2) is 0 Å². The van der Waals surface area contributed by atoms with Gasteiger partial charge in [0.05, 0.1) is 5.75 Å². The molecule has 0 rings (SSSR count). The predicted molar refractivity (Wildman–Crippen MR) is 45.4 cm³/mol. The Bertz CT molecular complexity index is 278. The van der Waals surface area contributed by atoms with Crippen LogP contribution in [-0.4, -0.2) is 39.1 Å². The predicted octanol–water partition coefficient (Wildman–Crippen LogP) is -0.301. The highest BCUT2D eigenvalue weighted by atomic mass is 32.2. The van der Waals surface area contributed by atoms with E-state index < -0.39 is 20.0 Å². The van der Waals surface area contributed by atoms with Gasteiger partial charge in [0.1, 0.15) is 9.84 Å². The van der Waals surface area contributed by atoms with Crippen molar-refractivity contribution in [1.29, 1.82) is 0 Å². The number of hydrogen-bond donors (Lipinski definition) is 1. The minimum absolute atomic E-state index is 0.0392. The third-order valence-electron chi connectivity index (χ3n) is 1.17. The van der Waals surface area contributed by atoms with Gasteiger partial charge in [-0.05, 0) is 12.8 Å². The summed E-state index contributed by atoms with van der Waals surface area (Å²) in [6, 6.07) is 0. The quantitative estimate of drug-likeness (QED) is 0.503. The molecule has 0 aromatic rings. The molecule has 0 aliphatic rings. The van der Waals surface area contributed by atoms with Crippen molar-refractivity contribution >= 4 is 20.0 Å². The van der Waals surface area contributed by atoms with E-state index in [-0.39, 0.29) is 24.3 Å². The highest BCUT2D eigenvalue weighted by molar-refractivity contribution is 7.90. The summed E-state index contributed by atoms with van der Waals surface area (Å²) in [6.45, 7) is 0. The van der Waals surface area contributed by atoms with Gasteiger partial charge in [-0.2, -0.15) is 8.42 Å². The summed E-state index contributed by atoms with van der Waals surface area (Å²) in [7, 11) is -6.95. The summed E-state index contributed by atoms with van der Waals surface area (Å²) < 4.78 is 49.7. The molecule has 0 radical (unpaired) electrons. The van der Waals surface area contributed by atoms with Gasteiger partial charge in [0.2, 0.25) is 0 Å². The molecule has 12 heavy (non-hydrogen) atoms. The summed E-state index contributed by atoms with van der Waals surface area (Å²) in [4.78, 5) is 0. The molecule has 0 bridgehead atoms. The van der Waals surface area contributed by atoms with Gasteiger partial charge in [0, 0.05) is 12.0 Å². The van der Waals surface area contributed by atoms with Crippen molar-refractivity contribution in [1.82, 2.24) is 0 Å². The molecule has 0 aromatic heterocycles. The number of rotatable bonds is 5. The zero-order valence-electron chi connectivity index (χ0n) is 6.73. The van der Waals surface area contributed by atoms with Gasteiger partial charge in [0.15, 0.2) is 0 Å². The average Bonchev–Trinajstić information content (AvgIpc) is 1.76. The lowest BCUT2D eigenvalue weighted by atomic mass is 10.4. The molecule has 0 saturated carbocycles. The average molecular weight is 216 g/mol. The van der Waals surface area contributed by atoms with Crippen LogP contribution < -0.4 is 0 Å². The smallest absolute Gasteiger partial charge is 0.264 e. The van der Waals surface area contributed by atoms with E-state index in [0.717, 1.165) is 6.26 Å². The minimum Gasteiger partial charge on any atom is -0.286 e. The molecule has 5 nitrogen and oxygen atoms in total. The topological polar surface area (TPSA) is 88.5 Å². The fourth-order valence-corrected chi connectivity index (χ4v) is 1.95. The van der Waals surface area contributed by atoms with Crippen molar-refractivity contribution in [3.05, 3.63) is 0 Å². The first-order chi connectivity index (χ1) is 5.21. The normalized spacial score (nSPS) is 13.2. The van der Waals surface area contributed by atoms with Gasteiger partial charge >= 0.3 is 0 Å². The molecule has 0 unspecified atom stereocenters. The van der Waals surface area contributed by atoms with Crippen LogP contribution in [0.1, 0.15) is 12.8 Å². The van der Waals surface area contributed by atoms with Crippen molar-refractivity contribution in [3.63, 3.8) is 0 Å². The second-order valence-corrected chi connectivity index (χ2v) is 6.45. The van der Waals surface area contributed by atoms with Crippen LogP contribution in [0.2, 0.25) is 0 Å². The van der Waals surface area contributed by atoms with Crippen molar-refractivity contribution < 1.29 is 21.4 Å². The van der Waals surface area contributed by atoms with Crippen molar-refractivity contribution in [2.75, 3.05) is 17.8 Å². The van der Waals surface area contributed by atoms with E-state index in [1.54, 1.807) is 0 Å². The second kappa shape index (κ2) is 4.20. The molecule has 0 atom stereocenters. The van der Waals surface area contributed by atoms with Crippen LogP contribution >= 0.6 is 0 Å². The van der Waals surface area contributed by atoms with Gasteiger partial charge in [-0.15, -0.1) is 0 Å². The Morgan fingerprint density at radius 1 is 1.00 bits per heavy atom. The molecule has 0 fully saturated rings. The van der Waals surface area contributed by atoms with E-state index in [1.807, 2.05) is 0 Å². The maximum absolute atomic E-state index is 10.5. The molecule has 7 heteroatoms. The summed E-state index contributed by atoms with van der Waals surface area (Å²) in [5.74, 6) is -0.412. The SMILES string of the molecule is CS(=O)(=O)CCCCS(=O)(=O)O. The van der Waals surface area contributed by atoms with Gasteiger partial charge < -0.3 is 0 Å².